The summed E-state index contributed by atoms with van der Waals surface area (Å²) in [4.78, 5) is 9.43. The molecule has 1 atom stereocenters. The van der Waals surface area contributed by atoms with Crippen LogP contribution >= 0.6 is 24.0 Å². The molecule has 5 heteroatoms. The molecular weight excluding hydrogens is 423 g/mol. The highest BCUT2D eigenvalue weighted by Crippen LogP contribution is 2.46. The number of hydrogen-bond donors (Lipinski definition) is 1. The summed E-state index contributed by atoms with van der Waals surface area (Å²) in [6.07, 6.45) is 1.24. The van der Waals surface area contributed by atoms with Gasteiger partial charge in [-0.15, -0.1) is 24.0 Å². The number of nitrogens with one attached hydrogen (secondary N) is 1. The lowest BCUT2D eigenvalue weighted by molar-refractivity contribution is -0.0668. The minimum absolute atomic E-state index is 0. The first kappa shape index (κ1) is 20.3. The highest BCUT2D eigenvalue weighted by molar-refractivity contribution is 14.0. The van der Waals surface area contributed by atoms with E-state index in [0.717, 1.165) is 32.1 Å². The van der Waals surface area contributed by atoms with E-state index in [4.69, 9.17) is 0 Å². The lowest BCUT2D eigenvalue weighted by Gasteiger charge is -2.62. The third-order valence-corrected chi connectivity index (χ3v) is 6.31. The van der Waals surface area contributed by atoms with E-state index in [1.807, 2.05) is 7.05 Å². The molecule has 3 rings (SSSR count). The fourth-order valence-corrected chi connectivity index (χ4v) is 3.80. The molecule has 25 heavy (non-hydrogen) atoms. The fourth-order valence-electron chi connectivity index (χ4n) is 3.80. The highest BCUT2D eigenvalue weighted by atomic mass is 127. The maximum Gasteiger partial charge on any atom is 0.194 e. The number of anilines is 1. The van der Waals surface area contributed by atoms with Gasteiger partial charge in [-0.2, -0.15) is 0 Å². The van der Waals surface area contributed by atoms with Crippen LogP contribution in [0.15, 0.2) is 35.3 Å². The Bertz CT molecular complexity index is 597. The van der Waals surface area contributed by atoms with Crippen molar-refractivity contribution in [2.24, 2.45) is 16.3 Å². The van der Waals surface area contributed by atoms with Crippen LogP contribution < -0.4 is 10.2 Å². The second-order valence-electron chi connectivity index (χ2n) is 8.39. The summed E-state index contributed by atoms with van der Waals surface area (Å²) in [5, 5.41) is 3.63. The molecule has 140 valence electrons. The summed E-state index contributed by atoms with van der Waals surface area (Å²) < 4.78 is 0. The van der Waals surface area contributed by atoms with Crippen LogP contribution in [-0.4, -0.2) is 49.6 Å². The predicted octanol–water partition coefficient (Wildman–Crippen LogP) is 3.83. The zero-order valence-corrected chi connectivity index (χ0v) is 18.6. The Morgan fingerprint density at radius 3 is 2.44 bits per heavy atom. The van der Waals surface area contributed by atoms with Gasteiger partial charge in [-0.1, -0.05) is 32.0 Å². The molecule has 2 aliphatic heterocycles. The number of para-hydroxylation sites is 1. The van der Waals surface area contributed by atoms with Crippen molar-refractivity contribution in [2.45, 2.75) is 39.7 Å². The summed E-state index contributed by atoms with van der Waals surface area (Å²) in [6.45, 7) is 13.7. The third-order valence-electron chi connectivity index (χ3n) is 6.31. The summed E-state index contributed by atoms with van der Waals surface area (Å²) >= 11 is 0. The summed E-state index contributed by atoms with van der Waals surface area (Å²) in [6, 6.07) is 10.7. The molecule has 4 nitrogen and oxygen atoms in total. The highest BCUT2D eigenvalue weighted by Gasteiger charge is 2.53. The maximum absolute atomic E-state index is 4.53. The molecule has 2 fully saturated rings. The van der Waals surface area contributed by atoms with Gasteiger partial charge in [0.2, 0.25) is 0 Å². The van der Waals surface area contributed by atoms with E-state index < -0.39 is 0 Å². The average molecular weight is 456 g/mol. The quantitative estimate of drug-likeness (QED) is 0.426. The smallest absolute Gasteiger partial charge is 0.194 e. The van der Waals surface area contributed by atoms with Crippen LogP contribution in [0.4, 0.5) is 5.69 Å². The van der Waals surface area contributed by atoms with E-state index in [2.05, 4.69) is 78.1 Å². The summed E-state index contributed by atoms with van der Waals surface area (Å²) in [7, 11) is 1.90. The standard InChI is InChI=1S/C20H32N4.HI/c1-19(2)15-24(20(19,3)4)18(21-5)22-13-16-11-12-23(14-16)17-9-7-6-8-10-17;/h6-10,16H,11-15H2,1-5H3,(H,21,22);1H. The SMILES string of the molecule is CN=C(NCC1CCN(c2ccccc2)C1)N1CC(C)(C)C1(C)C.I. The van der Waals surface area contributed by atoms with Crippen LogP contribution in [0.5, 0.6) is 0 Å². The summed E-state index contributed by atoms with van der Waals surface area (Å²) in [5.41, 5.74) is 1.83. The fraction of sp³-hybridized carbons (Fsp3) is 0.650. The number of hydrogen-bond acceptors (Lipinski definition) is 2. The molecule has 0 radical (unpaired) electrons. The molecule has 0 aromatic heterocycles. The topological polar surface area (TPSA) is 30.9 Å². The number of guanidine groups is 1. The molecule has 2 aliphatic rings. The molecule has 2 saturated heterocycles. The minimum Gasteiger partial charge on any atom is -0.371 e. The van der Waals surface area contributed by atoms with Crippen molar-refractivity contribution in [3.8, 4) is 0 Å². The van der Waals surface area contributed by atoms with Crippen molar-refractivity contribution in [1.29, 1.82) is 0 Å². The molecule has 0 amide bonds. The molecule has 1 N–H and O–H groups in total. The monoisotopic (exact) mass is 456 g/mol. The van der Waals surface area contributed by atoms with Crippen molar-refractivity contribution in [3.05, 3.63) is 30.3 Å². The van der Waals surface area contributed by atoms with Crippen LogP contribution in [0.1, 0.15) is 34.1 Å². The first-order valence-electron chi connectivity index (χ1n) is 9.13. The Morgan fingerprint density at radius 1 is 1.20 bits per heavy atom. The molecule has 1 aromatic rings. The van der Waals surface area contributed by atoms with E-state index in [-0.39, 0.29) is 29.5 Å². The van der Waals surface area contributed by atoms with Crippen LogP contribution in [0.2, 0.25) is 0 Å². The lowest BCUT2D eigenvalue weighted by atomic mass is 9.65. The van der Waals surface area contributed by atoms with Gasteiger partial charge in [0, 0.05) is 49.9 Å². The second kappa shape index (κ2) is 7.72. The van der Waals surface area contributed by atoms with Gasteiger partial charge in [0.05, 0.1) is 0 Å². The molecule has 0 spiro atoms. The Kier molecular flexibility index (Phi) is 6.28. The average Bonchev–Trinajstić information content (AvgIpc) is 3.04. The molecule has 1 aromatic carbocycles. The van der Waals surface area contributed by atoms with Crippen molar-refractivity contribution in [3.63, 3.8) is 0 Å². The minimum atomic E-state index is 0. The van der Waals surface area contributed by atoms with E-state index >= 15 is 0 Å². The van der Waals surface area contributed by atoms with Crippen LogP contribution in [0.25, 0.3) is 0 Å². The number of nitrogens with zero attached hydrogens (tertiary/aromatic N) is 3. The van der Waals surface area contributed by atoms with Crippen molar-refractivity contribution >= 4 is 35.6 Å². The van der Waals surface area contributed by atoms with Crippen molar-refractivity contribution in [1.82, 2.24) is 10.2 Å². The molecule has 0 saturated carbocycles. The predicted molar refractivity (Wildman–Crippen MR) is 118 cm³/mol. The maximum atomic E-state index is 4.53. The first-order valence-corrected chi connectivity index (χ1v) is 9.13. The van der Waals surface area contributed by atoms with Gasteiger partial charge in [0.15, 0.2) is 5.96 Å². The number of benzene rings is 1. The molecule has 1 unspecified atom stereocenters. The van der Waals surface area contributed by atoms with Crippen LogP contribution in [0.3, 0.4) is 0 Å². The molecule has 0 bridgehead atoms. The normalized spacial score (nSPS) is 24.5. The van der Waals surface area contributed by atoms with Crippen molar-refractivity contribution < 1.29 is 0 Å². The molecule has 2 heterocycles. The van der Waals surface area contributed by atoms with Crippen molar-refractivity contribution in [2.75, 3.05) is 38.1 Å². The second-order valence-corrected chi connectivity index (χ2v) is 8.39. The van der Waals surface area contributed by atoms with Gasteiger partial charge in [0.1, 0.15) is 0 Å². The number of aliphatic imine (C=N–C) groups is 1. The van der Waals surface area contributed by atoms with E-state index in [0.29, 0.717) is 11.3 Å². The Morgan fingerprint density at radius 2 is 1.88 bits per heavy atom. The van der Waals surface area contributed by atoms with Gasteiger partial charge < -0.3 is 15.1 Å². The Hall–Kier alpha value is -0.980. The zero-order valence-electron chi connectivity index (χ0n) is 16.2. The first-order chi connectivity index (χ1) is 11.3. The number of halogens is 1. The summed E-state index contributed by atoms with van der Waals surface area (Å²) in [5.74, 6) is 1.73. The number of rotatable bonds is 3. The van der Waals surface area contributed by atoms with E-state index in [1.165, 1.54) is 12.1 Å². The lowest BCUT2D eigenvalue weighted by Crippen LogP contribution is -2.72. The largest absolute Gasteiger partial charge is 0.371 e. The van der Waals surface area contributed by atoms with Crippen LogP contribution in [0, 0.1) is 11.3 Å². The zero-order chi connectivity index (χ0) is 17.4. The van der Waals surface area contributed by atoms with E-state index in [9.17, 15) is 0 Å². The Labute approximate surface area is 170 Å². The third kappa shape index (κ3) is 3.91. The van der Waals surface area contributed by atoms with Gasteiger partial charge in [-0.25, -0.2) is 0 Å². The van der Waals surface area contributed by atoms with Gasteiger partial charge in [0.25, 0.3) is 0 Å². The van der Waals surface area contributed by atoms with Gasteiger partial charge >= 0.3 is 0 Å². The van der Waals surface area contributed by atoms with Gasteiger partial charge in [-0.05, 0) is 38.3 Å². The molecule has 0 aliphatic carbocycles. The van der Waals surface area contributed by atoms with Gasteiger partial charge in [-0.3, -0.25) is 4.99 Å². The Balaban J connectivity index is 0.00000225. The number of likely N-dealkylation sites (tertiary alicyclic amines) is 1. The van der Waals surface area contributed by atoms with E-state index in [1.54, 1.807) is 0 Å². The molecular formula is C20H33IN4. The van der Waals surface area contributed by atoms with Crippen LogP contribution in [-0.2, 0) is 0 Å².